The van der Waals surface area contributed by atoms with Gasteiger partial charge < -0.3 is 10.2 Å². The van der Waals surface area contributed by atoms with Gasteiger partial charge in [-0.2, -0.15) is 0 Å². The van der Waals surface area contributed by atoms with Gasteiger partial charge in [0.2, 0.25) is 5.91 Å². The number of rotatable bonds is 3. The largest absolute Gasteiger partial charge is 0.330 e. The van der Waals surface area contributed by atoms with Crippen LogP contribution in [0.4, 0.5) is 0 Å². The van der Waals surface area contributed by atoms with Crippen molar-refractivity contribution in [3.63, 3.8) is 0 Å². The Morgan fingerprint density at radius 3 is 2.88 bits per heavy atom. The molecule has 4 nitrogen and oxygen atoms in total. The lowest BCUT2D eigenvalue weighted by Crippen LogP contribution is -2.54. The van der Waals surface area contributed by atoms with Gasteiger partial charge in [0.05, 0.1) is 12.6 Å². The monoisotopic (exact) mass is 355 g/mol. The summed E-state index contributed by atoms with van der Waals surface area (Å²) in [5.41, 5.74) is 2.52. The fourth-order valence-electron chi connectivity index (χ4n) is 3.96. The van der Waals surface area contributed by atoms with Gasteiger partial charge in [0.25, 0.3) is 0 Å². The van der Waals surface area contributed by atoms with E-state index in [0.717, 1.165) is 32.6 Å². The first kappa shape index (κ1) is 16.8. The molecule has 1 saturated heterocycles. The SMILES string of the molecule is C[C@H]1CNCCN1CC(=O)N1CCc2sccc2C1c1ccccc1. The lowest BCUT2D eigenvalue weighted by Gasteiger charge is -2.39. The topological polar surface area (TPSA) is 35.6 Å². The Morgan fingerprint density at radius 2 is 2.08 bits per heavy atom. The molecule has 0 spiro atoms. The van der Waals surface area contributed by atoms with Crippen LogP contribution in [0.5, 0.6) is 0 Å². The van der Waals surface area contributed by atoms with Crippen molar-refractivity contribution in [2.45, 2.75) is 25.4 Å². The van der Waals surface area contributed by atoms with E-state index in [1.165, 1.54) is 16.0 Å². The van der Waals surface area contributed by atoms with Gasteiger partial charge in [-0.25, -0.2) is 0 Å². The van der Waals surface area contributed by atoms with Crippen LogP contribution in [0.1, 0.15) is 29.0 Å². The van der Waals surface area contributed by atoms with Gasteiger partial charge in [0.15, 0.2) is 0 Å². The van der Waals surface area contributed by atoms with Crippen molar-refractivity contribution in [2.24, 2.45) is 0 Å². The zero-order chi connectivity index (χ0) is 17.2. The molecule has 2 atom stereocenters. The van der Waals surface area contributed by atoms with E-state index in [1.807, 2.05) is 17.4 Å². The van der Waals surface area contributed by atoms with E-state index in [1.54, 1.807) is 0 Å². The molecule has 2 aliphatic rings. The number of piperazine rings is 1. The number of amides is 1. The molecule has 3 heterocycles. The Labute approximate surface area is 153 Å². The molecule has 1 N–H and O–H groups in total. The van der Waals surface area contributed by atoms with E-state index in [2.05, 4.69) is 57.8 Å². The maximum absolute atomic E-state index is 13.2. The lowest BCUT2D eigenvalue weighted by atomic mass is 9.93. The second-order valence-corrected chi connectivity index (χ2v) is 7.97. The van der Waals surface area contributed by atoms with Crippen LogP contribution >= 0.6 is 11.3 Å². The minimum Gasteiger partial charge on any atom is -0.330 e. The molecule has 1 aromatic heterocycles. The molecule has 1 amide bonds. The molecule has 132 valence electrons. The average molecular weight is 356 g/mol. The number of thiophene rings is 1. The molecule has 5 heteroatoms. The van der Waals surface area contributed by atoms with Crippen LogP contribution in [0.3, 0.4) is 0 Å². The number of nitrogens with one attached hydrogen (secondary N) is 1. The van der Waals surface area contributed by atoms with Gasteiger partial charge >= 0.3 is 0 Å². The van der Waals surface area contributed by atoms with Crippen LogP contribution in [0, 0.1) is 0 Å². The normalized spacial score (nSPS) is 24.1. The Bertz CT molecular complexity index is 730. The smallest absolute Gasteiger partial charge is 0.237 e. The summed E-state index contributed by atoms with van der Waals surface area (Å²) in [5, 5.41) is 5.56. The summed E-state index contributed by atoms with van der Waals surface area (Å²) < 4.78 is 0. The zero-order valence-corrected chi connectivity index (χ0v) is 15.5. The molecule has 0 aliphatic carbocycles. The predicted octanol–water partition coefficient (Wildman–Crippen LogP) is 2.52. The molecular weight excluding hydrogens is 330 g/mol. The van der Waals surface area contributed by atoms with Crippen molar-refractivity contribution >= 4 is 17.2 Å². The molecule has 0 saturated carbocycles. The summed E-state index contributed by atoms with van der Waals surface area (Å²) in [5.74, 6) is 0.249. The van der Waals surface area contributed by atoms with Crippen LogP contribution in [-0.2, 0) is 11.2 Å². The van der Waals surface area contributed by atoms with E-state index in [0.29, 0.717) is 12.6 Å². The van der Waals surface area contributed by atoms with Crippen LogP contribution in [0.2, 0.25) is 0 Å². The average Bonchev–Trinajstić information content (AvgIpc) is 3.12. The summed E-state index contributed by atoms with van der Waals surface area (Å²) in [4.78, 5) is 19.0. The molecule has 2 aliphatic heterocycles. The van der Waals surface area contributed by atoms with Crippen molar-refractivity contribution in [1.82, 2.24) is 15.1 Å². The summed E-state index contributed by atoms with van der Waals surface area (Å²) in [6.07, 6.45) is 0.971. The quantitative estimate of drug-likeness (QED) is 0.919. The summed E-state index contributed by atoms with van der Waals surface area (Å²) in [7, 11) is 0. The highest BCUT2D eigenvalue weighted by molar-refractivity contribution is 7.10. The second kappa shape index (κ2) is 7.28. The number of carbonyl (C=O) groups excluding carboxylic acids is 1. The molecule has 4 rings (SSSR count). The van der Waals surface area contributed by atoms with Gasteiger partial charge in [0, 0.05) is 37.1 Å². The third kappa shape index (κ3) is 3.36. The van der Waals surface area contributed by atoms with Crippen molar-refractivity contribution < 1.29 is 4.79 Å². The van der Waals surface area contributed by atoms with Gasteiger partial charge in [-0.1, -0.05) is 30.3 Å². The number of carbonyl (C=O) groups is 1. The predicted molar refractivity (Wildman–Crippen MR) is 102 cm³/mol. The van der Waals surface area contributed by atoms with E-state index in [4.69, 9.17) is 0 Å². The highest BCUT2D eigenvalue weighted by atomic mass is 32.1. The molecule has 1 unspecified atom stereocenters. The molecular formula is C20H25N3OS. The highest BCUT2D eigenvalue weighted by Crippen LogP contribution is 2.37. The van der Waals surface area contributed by atoms with Crippen LogP contribution in [0.25, 0.3) is 0 Å². The first-order chi connectivity index (χ1) is 12.2. The second-order valence-electron chi connectivity index (χ2n) is 6.97. The maximum atomic E-state index is 13.2. The van der Waals surface area contributed by atoms with Gasteiger partial charge in [-0.05, 0) is 35.9 Å². The lowest BCUT2D eigenvalue weighted by molar-refractivity contribution is -0.135. The fourth-order valence-corrected chi connectivity index (χ4v) is 4.87. The fraction of sp³-hybridized carbons (Fsp3) is 0.450. The summed E-state index contributed by atoms with van der Waals surface area (Å²) >= 11 is 1.82. The van der Waals surface area contributed by atoms with E-state index in [9.17, 15) is 4.79 Å². The van der Waals surface area contributed by atoms with E-state index < -0.39 is 0 Å². The first-order valence-electron chi connectivity index (χ1n) is 9.09. The van der Waals surface area contributed by atoms with Crippen molar-refractivity contribution in [3.05, 3.63) is 57.8 Å². The number of hydrogen-bond acceptors (Lipinski definition) is 4. The van der Waals surface area contributed by atoms with E-state index >= 15 is 0 Å². The van der Waals surface area contributed by atoms with Crippen LogP contribution < -0.4 is 5.32 Å². The van der Waals surface area contributed by atoms with Crippen molar-refractivity contribution in [1.29, 1.82) is 0 Å². The van der Waals surface area contributed by atoms with Gasteiger partial charge in [-0.3, -0.25) is 9.69 Å². The minimum absolute atomic E-state index is 0.0573. The Balaban J connectivity index is 1.60. The van der Waals surface area contributed by atoms with Gasteiger partial charge in [0.1, 0.15) is 0 Å². The van der Waals surface area contributed by atoms with Crippen LogP contribution in [0.15, 0.2) is 41.8 Å². The van der Waals surface area contributed by atoms with Crippen LogP contribution in [-0.4, -0.2) is 54.5 Å². The Kier molecular flexibility index (Phi) is 4.88. The molecule has 1 fully saturated rings. The molecule has 2 aromatic rings. The molecule has 25 heavy (non-hydrogen) atoms. The first-order valence-corrected chi connectivity index (χ1v) is 9.97. The standard InChI is InChI=1S/C20H25N3OS/c1-15-13-21-9-11-22(15)14-19(24)23-10-7-18-17(8-12-25-18)20(23)16-5-3-2-4-6-16/h2-6,8,12,15,20-21H,7,9-11,13-14H2,1H3/t15-,20?/m0/s1. The number of nitrogens with zero attached hydrogens (tertiary/aromatic N) is 2. The Hall–Kier alpha value is -1.69. The van der Waals surface area contributed by atoms with Crippen molar-refractivity contribution in [3.8, 4) is 0 Å². The third-order valence-corrected chi connectivity index (χ3v) is 6.38. The molecule has 0 radical (unpaired) electrons. The zero-order valence-electron chi connectivity index (χ0n) is 14.6. The van der Waals surface area contributed by atoms with Gasteiger partial charge in [-0.15, -0.1) is 11.3 Å². The minimum atomic E-state index is 0.0573. The third-order valence-electron chi connectivity index (χ3n) is 5.38. The molecule has 0 bridgehead atoms. The number of benzene rings is 1. The highest BCUT2D eigenvalue weighted by Gasteiger charge is 2.34. The Morgan fingerprint density at radius 1 is 1.24 bits per heavy atom. The number of hydrogen-bond donors (Lipinski definition) is 1. The molecule has 1 aromatic carbocycles. The summed E-state index contributed by atoms with van der Waals surface area (Å²) in [6, 6.07) is 13.1. The number of fused-ring (bicyclic) bond motifs is 1. The maximum Gasteiger partial charge on any atom is 0.237 e. The van der Waals surface area contributed by atoms with Crippen molar-refractivity contribution in [2.75, 3.05) is 32.7 Å². The van der Waals surface area contributed by atoms with E-state index in [-0.39, 0.29) is 11.9 Å². The summed E-state index contributed by atoms with van der Waals surface area (Å²) in [6.45, 7) is 6.40.